The number of anilines is 1. The molecule has 2 aliphatic rings. The zero-order chi connectivity index (χ0) is 24.1. The van der Waals surface area contributed by atoms with Gasteiger partial charge in [0.2, 0.25) is 17.7 Å². The molecule has 1 spiro atoms. The smallest absolute Gasteiger partial charge is 0.326 e. The average molecular weight is 489 g/mol. The van der Waals surface area contributed by atoms with Crippen molar-refractivity contribution >= 4 is 52.6 Å². The summed E-state index contributed by atoms with van der Waals surface area (Å²) in [5, 5.41) is 0.845. The molecule has 1 fully saturated rings. The van der Waals surface area contributed by atoms with E-state index in [-0.39, 0.29) is 19.5 Å². The van der Waals surface area contributed by atoms with Gasteiger partial charge in [-0.1, -0.05) is 35.3 Å². The molecule has 7 nitrogen and oxygen atoms in total. The van der Waals surface area contributed by atoms with Gasteiger partial charge in [0.15, 0.2) is 5.41 Å². The van der Waals surface area contributed by atoms with Crippen LogP contribution in [0.1, 0.15) is 38.3 Å². The number of amides is 3. The summed E-state index contributed by atoms with van der Waals surface area (Å²) in [5.41, 5.74) is -1.12. The van der Waals surface area contributed by atoms with Crippen LogP contribution in [0.25, 0.3) is 0 Å². The highest BCUT2D eigenvalue weighted by Crippen LogP contribution is 2.49. The summed E-state index contributed by atoms with van der Waals surface area (Å²) in [6.07, 6.45) is -0.337. The number of carbonyl (C=O) groups excluding carboxylic acids is 4. The van der Waals surface area contributed by atoms with Gasteiger partial charge in [0.25, 0.3) is 0 Å². The summed E-state index contributed by atoms with van der Waals surface area (Å²) >= 11 is 12.1. The summed E-state index contributed by atoms with van der Waals surface area (Å²) in [7, 11) is 0. The topological polar surface area (TPSA) is 84.0 Å². The standard InChI is InChI=1S/C24H22Cl2N2O5/c1-23(2,3)33-20(30)13-27-18-9-8-16(26)10-17(18)24(21(27)31)11-19(29)28(22(24)32)12-14-4-6-15(25)7-5-14/h4-10H,11-13H2,1-3H3. The van der Waals surface area contributed by atoms with Crippen LogP contribution < -0.4 is 4.90 Å². The molecule has 2 heterocycles. The molecule has 0 aromatic heterocycles. The van der Waals surface area contributed by atoms with Crippen LogP contribution in [0.2, 0.25) is 10.0 Å². The lowest BCUT2D eigenvalue weighted by Crippen LogP contribution is -2.48. The number of likely N-dealkylation sites (tertiary alicyclic amines) is 1. The van der Waals surface area contributed by atoms with E-state index < -0.39 is 34.7 Å². The SMILES string of the molecule is CC(C)(C)OC(=O)CN1C(=O)C2(CC(=O)N(Cc3ccc(Cl)cc3)C2=O)c2cc(Cl)ccc21. The first-order valence-electron chi connectivity index (χ1n) is 10.4. The fraction of sp³-hybridized carbons (Fsp3) is 0.333. The molecule has 2 aromatic rings. The largest absolute Gasteiger partial charge is 0.459 e. The number of nitrogens with zero attached hydrogens (tertiary/aromatic N) is 2. The molecular weight excluding hydrogens is 467 g/mol. The van der Waals surface area contributed by atoms with Crippen LogP contribution in [0.15, 0.2) is 42.5 Å². The lowest BCUT2D eigenvalue weighted by molar-refractivity contribution is -0.154. The van der Waals surface area contributed by atoms with Crippen LogP contribution >= 0.6 is 23.2 Å². The Morgan fingerprint density at radius 1 is 0.970 bits per heavy atom. The lowest BCUT2D eigenvalue weighted by Gasteiger charge is -2.24. The Kier molecular flexibility index (Phi) is 5.75. The zero-order valence-electron chi connectivity index (χ0n) is 18.4. The molecular formula is C24H22Cl2N2O5. The quantitative estimate of drug-likeness (QED) is 0.370. The van der Waals surface area contributed by atoms with Crippen molar-refractivity contribution in [3.63, 3.8) is 0 Å². The Morgan fingerprint density at radius 3 is 2.21 bits per heavy atom. The minimum atomic E-state index is -1.76. The Morgan fingerprint density at radius 2 is 1.58 bits per heavy atom. The minimum absolute atomic E-state index is 0.00578. The van der Waals surface area contributed by atoms with Crippen LogP contribution in [0.4, 0.5) is 5.69 Å². The summed E-state index contributed by atoms with van der Waals surface area (Å²) in [6, 6.07) is 11.4. The molecule has 0 aliphatic carbocycles. The number of imide groups is 1. The highest BCUT2D eigenvalue weighted by Gasteiger charge is 2.64. The van der Waals surface area contributed by atoms with Gasteiger partial charge < -0.3 is 4.74 Å². The van der Waals surface area contributed by atoms with Crippen molar-refractivity contribution in [1.82, 2.24) is 4.90 Å². The molecule has 0 bridgehead atoms. The maximum atomic E-state index is 13.7. The number of benzene rings is 2. The van der Waals surface area contributed by atoms with Gasteiger partial charge in [-0.3, -0.25) is 29.0 Å². The van der Waals surface area contributed by atoms with Crippen LogP contribution in [0.3, 0.4) is 0 Å². The highest BCUT2D eigenvalue weighted by atomic mass is 35.5. The molecule has 2 aliphatic heterocycles. The summed E-state index contributed by atoms with van der Waals surface area (Å²) < 4.78 is 5.36. The van der Waals surface area contributed by atoms with E-state index in [2.05, 4.69) is 0 Å². The molecule has 0 N–H and O–H groups in total. The number of carbonyl (C=O) groups is 4. The Balaban J connectivity index is 1.71. The second kappa shape index (κ2) is 8.15. The summed E-state index contributed by atoms with van der Waals surface area (Å²) in [6.45, 7) is 4.79. The number of rotatable bonds is 4. The second-order valence-electron chi connectivity index (χ2n) is 9.13. The van der Waals surface area contributed by atoms with Gasteiger partial charge in [-0.25, -0.2) is 0 Å². The van der Waals surface area contributed by atoms with E-state index >= 15 is 0 Å². The van der Waals surface area contributed by atoms with Gasteiger partial charge >= 0.3 is 5.97 Å². The third kappa shape index (κ3) is 4.11. The van der Waals surface area contributed by atoms with Crippen LogP contribution in [0.5, 0.6) is 0 Å². The minimum Gasteiger partial charge on any atom is -0.459 e. The average Bonchev–Trinajstić information content (AvgIpc) is 3.09. The predicted molar refractivity (Wildman–Crippen MR) is 123 cm³/mol. The van der Waals surface area contributed by atoms with E-state index in [0.717, 1.165) is 4.90 Å². The van der Waals surface area contributed by atoms with Gasteiger partial charge in [0, 0.05) is 21.3 Å². The van der Waals surface area contributed by atoms with Crippen molar-refractivity contribution in [2.45, 2.75) is 44.8 Å². The summed E-state index contributed by atoms with van der Waals surface area (Å²) in [5.74, 6) is -2.37. The molecule has 1 saturated heterocycles. The normalized spacial score (nSPS) is 20.1. The zero-order valence-corrected chi connectivity index (χ0v) is 19.9. The molecule has 1 atom stereocenters. The van der Waals surface area contributed by atoms with Crippen molar-refractivity contribution in [3.8, 4) is 0 Å². The third-order valence-corrected chi connectivity index (χ3v) is 6.10. The number of fused-ring (bicyclic) bond motifs is 2. The van der Waals surface area contributed by atoms with E-state index in [9.17, 15) is 19.2 Å². The first kappa shape index (κ1) is 23.3. The maximum absolute atomic E-state index is 13.7. The summed E-state index contributed by atoms with van der Waals surface area (Å²) in [4.78, 5) is 55.0. The van der Waals surface area contributed by atoms with E-state index in [1.807, 2.05) is 0 Å². The fourth-order valence-electron chi connectivity index (χ4n) is 4.25. The number of halogens is 2. The van der Waals surface area contributed by atoms with E-state index in [1.54, 1.807) is 57.2 Å². The van der Waals surface area contributed by atoms with Crippen LogP contribution in [0, 0.1) is 0 Å². The van der Waals surface area contributed by atoms with Crippen LogP contribution in [-0.2, 0) is 35.9 Å². The van der Waals surface area contributed by atoms with Crippen molar-refractivity contribution in [2.24, 2.45) is 0 Å². The first-order chi connectivity index (χ1) is 15.4. The Labute approximate surface area is 201 Å². The maximum Gasteiger partial charge on any atom is 0.326 e. The molecule has 2 aromatic carbocycles. The van der Waals surface area contributed by atoms with E-state index in [4.69, 9.17) is 27.9 Å². The number of ether oxygens (including phenoxy) is 1. The molecule has 33 heavy (non-hydrogen) atoms. The highest BCUT2D eigenvalue weighted by molar-refractivity contribution is 6.33. The number of hydrogen-bond donors (Lipinski definition) is 0. The molecule has 172 valence electrons. The van der Waals surface area contributed by atoms with Gasteiger partial charge in [-0.05, 0) is 56.7 Å². The van der Waals surface area contributed by atoms with Crippen molar-refractivity contribution in [3.05, 3.63) is 63.6 Å². The second-order valence-corrected chi connectivity index (χ2v) is 10.0. The van der Waals surface area contributed by atoms with E-state index in [0.29, 0.717) is 26.9 Å². The Hall–Kier alpha value is -2.90. The fourth-order valence-corrected chi connectivity index (χ4v) is 4.55. The van der Waals surface area contributed by atoms with Gasteiger partial charge in [-0.15, -0.1) is 0 Å². The number of esters is 1. The predicted octanol–water partition coefficient (Wildman–Crippen LogP) is 3.88. The molecule has 9 heteroatoms. The Bertz CT molecular complexity index is 1170. The molecule has 0 saturated carbocycles. The van der Waals surface area contributed by atoms with Crippen molar-refractivity contribution < 1.29 is 23.9 Å². The molecule has 1 unspecified atom stereocenters. The van der Waals surface area contributed by atoms with Crippen molar-refractivity contribution in [2.75, 3.05) is 11.4 Å². The van der Waals surface area contributed by atoms with Gasteiger partial charge in [0.05, 0.1) is 13.0 Å². The molecule has 0 radical (unpaired) electrons. The lowest BCUT2D eigenvalue weighted by atomic mass is 9.80. The van der Waals surface area contributed by atoms with Gasteiger partial charge in [-0.2, -0.15) is 0 Å². The molecule has 3 amide bonds. The molecule has 4 rings (SSSR count). The number of hydrogen-bond acceptors (Lipinski definition) is 5. The first-order valence-corrected chi connectivity index (χ1v) is 11.1. The monoisotopic (exact) mass is 488 g/mol. The van der Waals surface area contributed by atoms with Crippen molar-refractivity contribution in [1.29, 1.82) is 0 Å². The van der Waals surface area contributed by atoms with E-state index in [1.165, 1.54) is 11.0 Å². The van der Waals surface area contributed by atoms with Crippen LogP contribution in [-0.4, -0.2) is 40.7 Å². The van der Waals surface area contributed by atoms with Gasteiger partial charge in [0.1, 0.15) is 12.1 Å². The third-order valence-electron chi connectivity index (χ3n) is 5.61.